The van der Waals surface area contributed by atoms with E-state index in [1.165, 1.54) is 0 Å². The third-order valence-electron chi connectivity index (χ3n) is 2.88. The van der Waals surface area contributed by atoms with Gasteiger partial charge >= 0.3 is 0 Å². The molecule has 1 atom stereocenters. The standard InChI is InChI=1S/C13H14ClN3O3/c14-9-1-3-10(4-2-9)15-7-12-16-13(17-20-12)11-8-18-5-6-19-11/h1-4,11,15H,5-8H2. The van der Waals surface area contributed by atoms with Crippen LogP contribution in [-0.2, 0) is 16.0 Å². The SMILES string of the molecule is Clc1ccc(NCc2nc(C3COCCO3)no2)cc1. The van der Waals surface area contributed by atoms with Crippen LogP contribution in [0.5, 0.6) is 0 Å². The van der Waals surface area contributed by atoms with E-state index in [4.69, 9.17) is 25.6 Å². The summed E-state index contributed by atoms with van der Waals surface area (Å²) >= 11 is 5.82. The second kappa shape index (κ2) is 6.21. The number of nitrogens with one attached hydrogen (secondary N) is 1. The molecule has 1 aromatic carbocycles. The van der Waals surface area contributed by atoms with Crippen LogP contribution < -0.4 is 5.32 Å². The molecule has 1 unspecified atom stereocenters. The summed E-state index contributed by atoms with van der Waals surface area (Å²) in [5.74, 6) is 1.03. The molecule has 1 aliphatic heterocycles. The van der Waals surface area contributed by atoms with Gasteiger partial charge in [-0.1, -0.05) is 16.8 Å². The zero-order valence-corrected chi connectivity index (χ0v) is 11.5. The van der Waals surface area contributed by atoms with Crippen molar-refractivity contribution in [3.05, 3.63) is 41.0 Å². The van der Waals surface area contributed by atoms with E-state index in [-0.39, 0.29) is 6.10 Å². The topological polar surface area (TPSA) is 69.4 Å². The van der Waals surface area contributed by atoms with Crippen LogP contribution in [0.25, 0.3) is 0 Å². The smallest absolute Gasteiger partial charge is 0.246 e. The molecule has 0 aliphatic carbocycles. The first-order valence-corrected chi connectivity index (χ1v) is 6.70. The minimum absolute atomic E-state index is 0.239. The Labute approximate surface area is 121 Å². The summed E-state index contributed by atoms with van der Waals surface area (Å²) in [7, 11) is 0. The van der Waals surface area contributed by atoms with Gasteiger partial charge < -0.3 is 19.3 Å². The van der Waals surface area contributed by atoms with Crippen molar-refractivity contribution in [3.63, 3.8) is 0 Å². The maximum atomic E-state index is 5.82. The van der Waals surface area contributed by atoms with Crippen LogP contribution >= 0.6 is 11.6 Å². The van der Waals surface area contributed by atoms with Crippen molar-refractivity contribution >= 4 is 17.3 Å². The monoisotopic (exact) mass is 295 g/mol. The highest BCUT2D eigenvalue weighted by molar-refractivity contribution is 6.30. The highest BCUT2D eigenvalue weighted by atomic mass is 35.5. The van der Waals surface area contributed by atoms with Crippen LogP contribution in [0.3, 0.4) is 0 Å². The Morgan fingerprint density at radius 1 is 1.25 bits per heavy atom. The highest BCUT2D eigenvalue weighted by Crippen LogP contribution is 2.18. The van der Waals surface area contributed by atoms with E-state index in [0.29, 0.717) is 43.1 Å². The Bertz CT molecular complexity index is 552. The fourth-order valence-electron chi connectivity index (χ4n) is 1.85. The van der Waals surface area contributed by atoms with E-state index in [1.807, 2.05) is 24.3 Å². The van der Waals surface area contributed by atoms with E-state index >= 15 is 0 Å². The normalized spacial score (nSPS) is 18.9. The van der Waals surface area contributed by atoms with Gasteiger partial charge in [0.25, 0.3) is 0 Å². The average molecular weight is 296 g/mol. The van der Waals surface area contributed by atoms with Crippen LogP contribution in [0.2, 0.25) is 5.02 Å². The van der Waals surface area contributed by atoms with Crippen LogP contribution in [0.15, 0.2) is 28.8 Å². The highest BCUT2D eigenvalue weighted by Gasteiger charge is 2.22. The molecule has 1 aliphatic rings. The van der Waals surface area contributed by atoms with Gasteiger partial charge in [-0.25, -0.2) is 0 Å². The molecular formula is C13H14ClN3O3. The van der Waals surface area contributed by atoms with Gasteiger partial charge in [0.1, 0.15) is 6.10 Å². The van der Waals surface area contributed by atoms with Crippen molar-refractivity contribution in [3.8, 4) is 0 Å². The average Bonchev–Trinajstić information content (AvgIpc) is 2.97. The number of rotatable bonds is 4. The van der Waals surface area contributed by atoms with Crippen molar-refractivity contribution in [1.82, 2.24) is 10.1 Å². The Kier molecular flexibility index (Phi) is 4.15. The molecule has 6 nitrogen and oxygen atoms in total. The molecule has 1 aromatic heterocycles. The lowest BCUT2D eigenvalue weighted by atomic mass is 10.3. The van der Waals surface area contributed by atoms with Crippen LogP contribution in [0.4, 0.5) is 5.69 Å². The summed E-state index contributed by atoms with van der Waals surface area (Å²) < 4.78 is 16.0. The molecule has 0 radical (unpaired) electrons. The number of aromatic nitrogens is 2. The maximum Gasteiger partial charge on any atom is 0.246 e. The Morgan fingerprint density at radius 3 is 2.85 bits per heavy atom. The molecule has 1 fully saturated rings. The molecule has 0 bridgehead atoms. The minimum atomic E-state index is -0.239. The van der Waals surface area contributed by atoms with E-state index in [2.05, 4.69) is 15.5 Å². The zero-order chi connectivity index (χ0) is 13.8. The largest absolute Gasteiger partial charge is 0.376 e. The number of halogens is 1. The second-order valence-corrected chi connectivity index (χ2v) is 4.78. The third kappa shape index (κ3) is 3.27. The Morgan fingerprint density at radius 2 is 2.10 bits per heavy atom. The fourth-order valence-corrected chi connectivity index (χ4v) is 1.98. The fraction of sp³-hybridized carbons (Fsp3) is 0.385. The lowest BCUT2D eigenvalue weighted by Gasteiger charge is -2.19. The number of anilines is 1. The van der Waals surface area contributed by atoms with Gasteiger partial charge in [-0.05, 0) is 24.3 Å². The van der Waals surface area contributed by atoms with Gasteiger partial charge in [-0.15, -0.1) is 0 Å². The first-order valence-electron chi connectivity index (χ1n) is 6.32. The first kappa shape index (κ1) is 13.4. The van der Waals surface area contributed by atoms with Crippen LogP contribution in [0, 0.1) is 0 Å². The van der Waals surface area contributed by atoms with Crippen molar-refractivity contribution in [2.45, 2.75) is 12.6 Å². The number of hydrogen-bond donors (Lipinski definition) is 1. The molecular weight excluding hydrogens is 282 g/mol. The molecule has 0 spiro atoms. The van der Waals surface area contributed by atoms with Gasteiger partial charge in [0.15, 0.2) is 0 Å². The molecule has 1 saturated heterocycles. The van der Waals surface area contributed by atoms with Crippen molar-refractivity contribution in [1.29, 1.82) is 0 Å². The van der Waals surface area contributed by atoms with E-state index < -0.39 is 0 Å². The van der Waals surface area contributed by atoms with Gasteiger partial charge in [0.05, 0.1) is 26.4 Å². The summed E-state index contributed by atoms with van der Waals surface area (Å²) in [6.07, 6.45) is -0.239. The predicted octanol–water partition coefficient (Wildman–Crippen LogP) is 2.42. The van der Waals surface area contributed by atoms with E-state index in [0.717, 1.165) is 5.69 Å². The lowest BCUT2D eigenvalue weighted by Crippen LogP contribution is -2.22. The summed E-state index contributed by atoms with van der Waals surface area (Å²) in [6, 6.07) is 7.40. The van der Waals surface area contributed by atoms with Gasteiger partial charge in [-0.2, -0.15) is 4.98 Å². The molecule has 2 aromatic rings. The molecule has 3 rings (SSSR count). The zero-order valence-electron chi connectivity index (χ0n) is 10.7. The number of nitrogens with zero attached hydrogens (tertiary/aromatic N) is 2. The lowest BCUT2D eigenvalue weighted by molar-refractivity contribution is -0.0941. The van der Waals surface area contributed by atoms with E-state index in [1.54, 1.807) is 0 Å². The van der Waals surface area contributed by atoms with Crippen molar-refractivity contribution in [2.24, 2.45) is 0 Å². The molecule has 106 valence electrons. The van der Waals surface area contributed by atoms with Crippen LogP contribution in [-0.4, -0.2) is 30.0 Å². The molecule has 0 saturated carbocycles. The van der Waals surface area contributed by atoms with Crippen molar-refractivity contribution < 1.29 is 14.0 Å². The molecule has 0 amide bonds. The van der Waals surface area contributed by atoms with E-state index in [9.17, 15) is 0 Å². The third-order valence-corrected chi connectivity index (χ3v) is 3.13. The Hall–Kier alpha value is -1.63. The predicted molar refractivity (Wildman–Crippen MR) is 72.6 cm³/mol. The summed E-state index contributed by atoms with van der Waals surface area (Å²) in [4.78, 5) is 4.30. The number of ether oxygens (including phenoxy) is 2. The first-order chi connectivity index (χ1) is 9.81. The molecule has 20 heavy (non-hydrogen) atoms. The Balaban J connectivity index is 1.58. The quantitative estimate of drug-likeness (QED) is 0.934. The number of hydrogen-bond acceptors (Lipinski definition) is 6. The van der Waals surface area contributed by atoms with Gasteiger partial charge in [0, 0.05) is 10.7 Å². The van der Waals surface area contributed by atoms with Crippen LogP contribution in [0.1, 0.15) is 17.8 Å². The van der Waals surface area contributed by atoms with Crippen molar-refractivity contribution in [2.75, 3.05) is 25.1 Å². The summed E-state index contributed by atoms with van der Waals surface area (Å²) in [5.41, 5.74) is 0.936. The van der Waals surface area contributed by atoms with Gasteiger partial charge in [0.2, 0.25) is 11.7 Å². The second-order valence-electron chi connectivity index (χ2n) is 4.34. The molecule has 1 N–H and O–H groups in total. The minimum Gasteiger partial charge on any atom is -0.376 e. The molecule has 2 heterocycles. The molecule has 7 heteroatoms. The summed E-state index contributed by atoms with van der Waals surface area (Å²) in [5, 5.41) is 7.79. The maximum absolute atomic E-state index is 5.82. The van der Waals surface area contributed by atoms with Gasteiger partial charge in [-0.3, -0.25) is 0 Å². The number of benzene rings is 1. The summed E-state index contributed by atoms with van der Waals surface area (Å²) in [6.45, 7) is 2.07.